The Morgan fingerprint density at radius 2 is 2.00 bits per heavy atom. The van der Waals surface area contributed by atoms with Gasteiger partial charge in [-0.15, -0.1) is 0 Å². The van der Waals surface area contributed by atoms with Crippen LogP contribution in [0.15, 0.2) is 0 Å². The van der Waals surface area contributed by atoms with Crippen molar-refractivity contribution >= 4 is 0 Å². The van der Waals surface area contributed by atoms with Gasteiger partial charge < -0.3 is 10.8 Å². The Kier molecular flexibility index (Phi) is 8.76. The summed E-state index contributed by atoms with van der Waals surface area (Å²) in [6.07, 6.45) is 0. The van der Waals surface area contributed by atoms with Crippen LogP contribution in [0.25, 0.3) is 5.73 Å². The third kappa shape index (κ3) is 8.83. The second kappa shape index (κ2) is 5.44. The smallest absolute Gasteiger partial charge is 0 e. The first-order valence-corrected chi connectivity index (χ1v) is 1.56. The molecule has 0 heterocycles. The average Bonchev–Trinajstić information content (AvgIpc) is 1.38. The molecule has 1 N–H and O–H groups in total. The van der Waals surface area contributed by atoms with E-state index in [0.29, 0.717) is 0 Å². The number of hydrogen-bond donors (Lipinski definition) is 0. The van der Waals surface area contributed by atoms with Crippen molar-refractivity contribution in [1.29, 1.82) is 0 Å². The van der Waals surface area contributed by atoms with Crippen LogP contribution >= 0.6 is 0 Å². The fourth-order valence-electron chi connectivity index (χ4n) is 0. The normalized spacial score (nSPS) is 12.5. The molecule has 0 aromatic rings. The zero-order valence-electron chi connectivity index (χ0n) is 3.57. The van der Waals surface area contributed by atoms with Crippen molar-refractivity contribution in [3.05, 3.63) is 5.73 Å². The van der Waals surface area contributed by atoms with Gasteiger partial charge in [-0.3, -0.25) is 0 Å². The molecule has 0 spiro atoms. The predicted octanol–water partition coefficient (Wildman–Crippen LogP) is -0.215. The van der Waals surface area contributed by atoms with E-state index < -0.39 is 6.04 Å². The first-order valence-electron chi connectivity index (χ1n) is 1.56. The summed E-state index contributed by atoms with van der Waals surface area (Å²) < 4.78 is 0. The molecule has 0 amide bonds. The summed E-state index contributed by atoms with van der Waals surface area (Å²) in [5.74, 6) is 0. The SMILES string of the molecule is CC([NH-])C[O-].[Mn]. The van der Waals surface area contributed by atoms with Gasteiger partial charge in [0.2, 0.25) is 0 Å². The van der Waals surface area contributed by atoms with Crippen LogP contribution in [0.1, 0.15) is 6.92 Å². The molecule has 0 aliphatic rings. The predicted molar refractivity (Wildman–Crippen MR) is 18.7 cm³/mol. The minimum atomic E-state index is -0.421. The molecule has 6 heavy (non-hydrogen) atoms. The van der Waals surface area contributed by atoms with E-state index in [2.05, 4.69) is 0 Å². The summed E-state index contributed by atoms with van der Waals surface area (Å²) in [7, 11) is 0. The Balaban J connectivity index is 0. The number of rotatable bonds is 1. The summed E-state index contributed by atoms with van der Waals surface area (Å²) in [4.78, 5) is 0. The van der Waals surface area contributed by atoms with E-state index in [-0.39, 0.29) is 23.7 Å². The Morgan fingerprint density at radius 1 is 1.83 bits per heavy atom. The molecule has 1 unspecified atom stereocenters. The van der Waals surface area contributed by atoms with Gasteiger partial charge in [-0.1, -0.05) is 6.92 Å². The van der Waals surface area contributed by atoms with Gasteiger partial charge in [-0.05, 0) is 0 Å². The van der Waals surface area contributed by atoms with Crippen molar-refractivity contribution in [3.63, 3.8) is 0 Å². The molecular formula is C3H7MnNO-2. The topological polar surface area (TPSA) is 46.9 Å². The molecule has 0 aromatic carbocycles. The standard InChI is InChI=1S/C3H7NO.Mn/c1-3(4)2-5;/h3-4H,2H2,1H3;/q-2;. The van der Waals surface area contributed by atoms with Gasteiger partial charge in [0.25, 0.3) is 0 Å². The molecule has 0 aliphatic carbocycles. The van der Waals surface area contributed by atoms with Crippen LogP contribution in [-0.4, -0.2) is 12.6 Å². The molecule has 39 valence electrons. The molecule has 0 aromatic heterocycles. The van der Waals surface area contributed by atoms with Crippen LogP contribution in [0.2, 0.25) is 0 Å². The van der Waals surface area contributed by atoms with Crippen molar-refractivity contribution in [3.8, 4) is 0 Å². The van der Waals surface area contributed by atoms with Crippen LogP contribution < -0.4 is 5.11 Å². The second-order valence-corrected chi connectivity index (χ2v) is 1.07. The van der Waals surface area contributed by atoms with Gasteiger partial charge in [-0.25, -0.2) is 0 Å². The fourth-order valence-corrected chi connectivity index (χ4v) is 0. The quantitative estimate of drug-likeness (QED) is 0.450. The van der Waals surface area contributed by atoms with Crippen LogP contribution in [0, 0.1) is 0 Å². The number of hydrogen-bond acceptors (Lipinski definition) is 1. The summed E-state index contributed by atoms with van der Waals surface area (Å²) >= 11 is 0. The van der Waals surface area contributed by atoms with E-state index in [1.807, 2.05) is 0 Å². The summed E-state index contributed by atoms with van der Waals surface area (Å²) in [6, 6.07) is -0.421. The Labute approximate surface area is 48.2 Å². The monoisotopic (exact) mass is 128 g/mol. The summed E-state index contributed by atoms with van der Waals surface area (Å²) in [5, 5.41) is 9.44. The van der Waals surface area contributed by atoms with E-state index in [1.165, 1.54) is 0 Å². The Bertz CT molecular complexity index is 24.8. The molecule has 0 rings (SSSR count). The van der Waals surface area contributed by atoms with Crippen molar-refractivity contribution < 1.29 is 22.2 Å². The summed E-state index contributed by atoms with van der Waals surface area (Å²) in [6.45, 7) is 1.30. The summed E-state index contributed by atoms with van der Waals surface area (Å²) in [5.41, 5.74) is 6.51. The molecule has 1 radical (unpaired) electrons. The maximum Gasteiger partial charge on any atom is 0 e. The largest absolute Gasteiger partial charge is 0.855 e. The van der Waals surface area contributed by atoms with Crippen molar-refractivity contribution in [2.75, 3.05) is 6.61 Å². The van der Waals surface area contributed by atoms with Crippen molar-refractivity contribution in [2.24, 2.45) is 0 Å². The molecule has 0 bridgehead atoms. The molecule has 3 heteroatoms. The molecule has 0 saturated carbocycles. The third-order valence-electron chi connectivity index (χ3n) is 0.250. The van der Waals surface area contributed by atoms with Crippen LogP contribution in [-0.2, 0) is 17.1 Å². The fraction of sp³-hybridized carbons (Fsp3) is 1.00. The van der Waals surface area contributed by atoms with E-state index >= 15 is 0 Å². The molecule has 2 nitrogen and oxygen atoms in total. The molecule has 1 atom stereocenters. The van der Waals surface area contributed by atoms with Crippen LogP contribution in [0.4, 0.5) is 0 Å². The van der Waals surface area contributed by atoms with E-state index in [1.54, 1.807) is 6.92 Å². The molecule has 0 aliphatic heterocycles. The molecule has 0 fully saturated rings. The zero-order valence-corrected chi connectivity index (χ0v) is 4.75. The molecular weight excluding hydrogens is 121 g/mol. The minimum absolute atomic E-state index is 0. The number of nitrogens with one attached hydrogen (secondary N) is 1. The van der Waals surface area contributed by atoms with Gasteiger partial charge in [0, 0.05) is 17.1 Å². The van der Waals surface area contributed by atoms with E-state index in [9.17, 15) is 5.11 Å². The van der Waals surface area contributed by atoms with Gasteiger partial charge in [0.05, 0.1) is 0 Å². The van der Waals surface area contributed by atoms with E-state index in [4.69, 9.17) is 5.73 Å². The van der Waals surface area contributed by atoms with Gasteiger partial charge in [-0.2, -0.15) is 12.6 Å². The van der Waals surface area contributed by atoms with Crippen LogP contribution in [0.5, 0.6) is 0 Å². The van der Waals surface area contributed by atoms with Gasteiger partial charge in [0.15, 0.2) is 0 Å². The average molecular weight is 128 g/mol. The molecule has 0 saturated heterocycles. The van der Waals surface area contributed by atoms with E-state index in [0.717, 1.165) is 0 Å². The Morgan fingerprint density at radius 3 is 2.00 bits per heavy atom. The maximum absolute atomic E-state index is 9.44. The van der Waals surface area contributed by atoms with Gasteiger partial charge >= 0.3 is 0 Å². The van der Waals surface area contributed by atoms with Gasteiger partial charge in [0.1, 0.15) is 0 Å². The van der Waals surface area contributed by atoms with Crippen molar-refractivity contribution in [2.45, 2.75) is 13.0 Å². The maximum atomic E-state index is 9.44. The minimum Gasteiger partial charge on any atom is -0.855 e. The third-order valence-corrected chi connectivity index (χ3v) is 0.250. The second-order valence-electron chi connectivity index (χ2n) is 1.07. The Hall–Kier alpha value is 0.439. The first-order chi connectivity index (χ1) is 2.27. The van der Waals surface area contributed by atoms with Crippen molar-refractivity contribution in [1.82, 2.24) is 0 Å². The van der Waals surface area contributed by atoms with Crippen LogP contribution in [0.3, 0.4) is 0 Å². The zero-order chi connectivity index (χ0) is 4.28. The first kappa shape index (κ1) is 9.67.